The molecule has 0 spiro atoms. The van der Waals surface area contributed by atoms with Crippen molar-refractivity contribution in [2.75, 3.05) is 6.79 Å². The van der Waals surface area contributed by atoms with Gasteiger partial charge in [0.2, 0.25) is 18.6 Å². The molecule has 0 fully saturated rings. The fourth-order valence-corrected chi connectivity index (χ4v) is 3.99. The Bertz CT molecular complexity index is 1230. The number of allylic oxidation sites excluding steroid dienone is 1. The highest BCUT2D eigenvalue weighted by Crippen LogP contribution is 2.49. The summed E-state index contributed by atoms with van der Waals surface area (Å²) in [7, 11) is 0. The number of aromatic nitrogens is 2. The predicted molar refractivity (Wildman–Crippen MR) is 106 cm³/mol. The minimum atomic E-state index is -0.603. The molecule has 3 aromatic rings. The zero-order valence-corrected chi connectivity index (χ0v) is 16.2. The third-order valence-electron chi connectivity index (χ3n) is 4.89. The van der Waals surface area contributed by atoms with Crippen LogP contribution in [0.4, 0.5) is 0 Å². The minimum Gasteiger partial charge on any atom is -0.454 e. The van der Waals surface area contributed by atoms with E-state index in [9.17, 15) is 5.26 Å². The topological polar surface area (TPSA) is 106 Å². The van der Waals surface area contributed by atoms with Gasteiger partial charge in [0.25, 0.3) is 0 Å². The second-order valence-electron chi connectivity index (χ2n) is 6.45. The van der Waals surface area contributed by atoms with Crippen LogP contribution in [0.25, 0.3) is 11.3 Å². The van der Waals surface area contributed by atoms with E-state index in [4.69, 9.17) is 43.1 Å². The molecule has 0 saturated heterocycles. The molecule has 0 saturated carbocycles. The second-order valence-corrected chi connectivity index (χ2v) is 7.24. The molecule has 144 valence electrons. The van der Waals surface area contributed by atoms with Gasteiger partial charge < -0.3 is 19.9 Å². The number of benzene rings is 2. The third kappa shape index (κ3) is 2.69. The molecule has 0 bridgehead atoms. The molecule has 2 aromatic carbocycles. The lowest BCUT2D eigenvalue weighted by atomic mass is 9.83. The number of nitrogens with one attached hydrogen (secondary N) is 1. The number of hydrogen-bond donors (Lipinski definition) is 2. The van der Waals surface area contributed by atoms with Crippen LogP contribution in [0.15, 0.2) is 47.9 Å². The lowest BCUT2D eigenvalue weighted by molar-refractivity contribution is 0.174. The summed E-state index contributed by atoms with van der Waals surface area (Å²) in [6, 6.07) is 12.9. The molecular weight excluding hydrogens is 415 g/mol. The van der Waals surface area contributed by atoms with E-state index < -0.39 is 5.92 Å². The Hall–Kier alpha value is -3.34. The molecule has 5 rings (SSSR count). The van der Waals surface area contributed by atoms with Gasteiger partial charge in [0.15, 0.2) is 11.5 Å². The van der Waals surface area contributed by atoms with Crippen LogP contribution in [0.5, 0.6) is 17.4 Å². The fraction of sp³-hybridized carbons (Fsp3) is 0.100. The first kappa shape index (κ1) is 17.7. The number of ether oxygens (including phenoxy) is 3. The predicted octanol–water partition coefficient (Wildman–Crippen LogP) is 4.33. The number of aromatic amines is 1. The molecule has 2 aliphatic heterocycles. The molecule has 2 aliphatic rings. The van der Waals surface area contributed by atoms with Crippen molar-refractivity contribution in [3.63, 3.8) is 0 Å². The molecule has 29 heavy (non-hydrogen) atoms. The SMILES string of the molecule is N#CC1=C(N)Oc2n[nH]c(-c3ccc4c(c3)OCO4)c2[C@H]1c1cccc(Cl)c1Cl. The number of fused-ring (bicyclic) bond motifs is 2. The summed E-state index contributed by atoms with van der Waals surface area (Å²) in [6.45, 7) is 0.168. The van der Waals surface area contributed by atoms with Gasteiger partial charge in [0, 0.05) is 5.56 Å². The van der Waals surface area contributed by atoms with Gasteiger partial charge in [-0.15, -0.1) is 5.10 Å². The average molecular weight is 427 g/mol. The summed E-state index contributed by atoms with van der Waals surface area (Å²) >= 11 is 12.7. The zero-order valence-electron chi connectivity index (χ0n) is 14.7. The molecule has 0 radical (unpaired) electrons. The molecule has 1 atom stereocenters. The van der Waals surface area contributed by atoms with Gasteiger partial charge in [0.1, 0.15) is 11.6 Å². The molecule has 3 N–H and O–H groups in total. The van der Waals surface area contributed by atoms with Crippen molar-refractivity contribution in [1.82, 2.24) is 10.2 Å². The Morgan fingerprint density at radius 3 is 2.83 bits per heavy atom. The van der Waals surface area contributed by atoms with Crippen molar-refractivity contribution in [3.8, 4) is 34.7 Å². The fourth-order valence-electron chi connectivity index (χ4n) is 3.57. The van der Waals surface area contributed by atoms with Crippen LogP contribution in [0.2, 0.25) is 10.0 Å². The summed E-state index contributed by atoms with van der Waals surface area (Å²) in [5, 5.41) is 17.7. The number of nitrogens with zero attached hydrogens (tertiary/aromatic N) is 2. The molecule has 0 unspecified atom stereocenters. The number of H-pyrrole nitrogens is 1. The molecule has 1 aromatic heterocycles. The number of halogens is 2. The monoisotopic (exact) mass is 426 g/mol. The Morgan fingerprint density at radius 1 is 1.17 bits per heavy atom. The van der Waals surface area contributed by atoms with Crippen LogP contribution in [0, 0.1) is 11.3 Å². The van der Waals surface area contributed by atoms with E-state index >= 15 is 0 Å². The number of nitriles is 1. The van der Waals surface area contributed by atoms with Gasteiger partial charge in [-0.1, -0.05) is 35.3 Å². The maximum absolute atomic E-state index is 9.79. The van der Waals surface area contributed by atoms with Gasteiger partial charge >= 0.3 is 0 Å². The lowest BCUT2D eigenvalue weighted by Gasteiger charge is -2.25. The second kappa shape index (κ2) is 6.62. The highest BCUT2D eigenvalue weighted by atomic mass is 35.5. The first-order valence-corrected chi connectivity index (χ1v) is 9.34. The highest BCUT2D eigenvalue weighted by molar-refractivity contribution is 6.42. The molecule has 7 nitrogen and oxygen atoms in total. The van der Waals surface area contributed by atoms with E-state index in [1.54, 1.807) is 18.2 Å². The van der Waals surface area contributed by atoms with Crippen molar-refractivity contribution in [3.05, 3.63) is 69.0 Å². The van der Waals surface area contributed by atoms with Crippen LogP contribution in [-0.2, 0) is 0 Å². The number of hydrogen-bond acceptors (Lipinski definition) is 6. The summed E-state index contributed by atoms with van der Waals surface area (Å²) in [5.41, 5.74) is 8.94. The normalized spacial score (nSPS) is 16.9. The van der Waals surface area contributed by atoms with Crippen molar-refractivity contribution >= 4 is 23.2 Å². The molecule has 3 heterocycles. The maximum atomic E-state index is 9.79. The first-order chi connectivity index (χ1) is 14.1. The Kier molecular flexibility index (Phi) is 4.05. The van der Waals surface area contributed by atoms with Crippen LogP contribution >= 0.6 is 23.2 Å². The largest absolute Gasteiger partial charge is 0.454 e. The number of nitrogens with two attached hydrogens (primary N) is 1. The Morgan fingerprint density at radius 2 is 2.00 bits per heavy atom. The van der Waals surface area contributed by atoms with E-state index in [0.29, 0.717) is 38.4 Å². The summed E-state index contributed by atoms with van der Waals surface area (Å²) in [4.78, 5) is 0. The van der Waals surface area contributed by atoms with Crippen molar-refractivity contribution in [1.29, 1.82) is 5.26 Å². The van der Waals surface area contributed by atoms with Gasteiger partial charge in [-0.3, -0.25) is 5.10 Å². The van der Waals surface area contributed by atoms with Crippen LogP contribution in [0.3, 0.4) is 0 Å². The van der Waals surface area contributed by atoms with Gasteiger partial charge in [-0.2, -0.15) is 5.26 Å². The first-order valence-electron chi connectivity index (χ1n) is 8.58. The quantitative estimate of drug-likeness (QED) is 0.631. The van der Waals surface area contributed by atoms with E-state index in [-0.39, 0.29) is 24.1 Å². The van der Waals surface area contributed by atoms with E-state index in [0.717, 1.165) is 5.56 Å². The lowest BCUT2D eigenvalue weighted by Crippen LogP contribution is -2.21. The standard InChI is InChI=1S/C20H12Cl2N4O3/c21-12-3-1-2-10(17(12)22)15-11(7-23)19(24)29-20-16(15)18(25-26-20)9-4-5-13-14(6-9)28-8-27-13/h1-6,15H,8,24H2,(H,25,26)/t15-/m0/s1. The molecule has 0 aliphatic carbocycles. The summed E-state index contributed by atoms with van der Waals surface area (Å²) < 4.78 is 16.5. The van der Waals surface area contributed by atoms with E-state index in [1.807, 2.05) is 18.2 Å². The molecular formula is C20H12Cl2N4O3. The average Bonchev–Trinajstić information content (AvgIpc) is 3.35. The van der Waals surface area contributed by atoms with E-state index in [1.165, 1.54) is 0 Å². The van der Waals surface area contributed by atoms with Crippen molar-refractivity contribution in [2.45, 2.75) is 5.92 Å². The van der Waals surface area contributed by atoms with Gasteiger partial charge in [-0.25, -0.2) is 0 Å². The zero-order chi connectivity index (χ0) is 20.1. The molecule has 0 amide bonds. The van der Waals surface area contributed by atoms with Crippen LogP contribution < -0.4 is 19.9 Å². The Labute approximate surface area is 175 Å². The Balaban J connectivity index is 1.74. The summed E-state index contributed by atoms with van der Waals surface area (Å²) in [5.74, 6) is 0.930. The van der Waals surface area contributed by atoms with Crippen molar-refractivity contribution < 1.29 is 14.2 Å². The van der Waals surface area contributed by atoms with Crippen LogP contribution in [-0.4, -0.2) is 17.0 Å². The van der Waals surface area contributed by atoms with Crippen molar-refractivity contribution in [2.24, 2.45) is 5.73 Å². The third-order valence-corrected chi connectivity index (χ3v) is 5.73. The van der Waals surface area contributed by atoms with E-state index in [2.05, 4.69) is 16.3 Å². The smallest absolute Gasteiger partial charge is 0.244 e. The van der Waals surface area contributed by atoms with Crippen LogP contribution in [0.1, 0.15) is 17.0 Å². The minimum absolute atomic E-state index is 0.0234. The summed E-state index contributed by atoms with van der Waals surface area (Å²) in [6.07, 6.45) is 0. The number of rotatable bonds is 2. The van der Waals surface area contributed by atoms with Gasteiger partial charge in [-0.05, 0) is 29.8 Å². The highest BCUT2D eigenvalue weighted by Gasteiger charge is 2.37. The van der Waals surface area contributed by atoms with Gasteiger partial charge in [0.05, 0.1) is 27.2 Å². The molecule has 9 heteroatoms. The maximum Gasteiger partial charge on any atom is 0.244 e.